The van der Waals surface area contributed by atoms with E-state index in [0.29, 0.717) is 18.6 Å². The molecule has 21 heavy (non-hydrogen) atoms. The Bertz CT molecular complexity index is 687. The summed E-state index contributed by atoms with van der Waals surface area (Å²) in [6.45, 7) is 0.457. The highest BCUT2D eigenvalue weighted by molar-refractivity contribution is 7.91. The zero-order chi connectivity index (χ0) is 15.7. The van der Waals surface area contributed by atoms with E-state index in [9.17, 15) is 16.8 Å². The third kappa shape index (κ3) is 3.56. The molecule has 1 aromatic carbocycles. The van der Waals surface area contributed by atoms with Crippen LogP contribution in [0.25, 0.3) is 0 Å². The SMILES string of the molecule is COc1ccc(S(=O)(=O)N2CCC(S(C)(=O)=O)CC2)cc1. The molecule has 0 radical (unpaired) electrons. The molecule has 6 nitrogen and oxygen atoms in total. The third-order valence-corrected chi connectivity index (χ3v) is 7.30. The Morgan fingerprint density at radius 3 is 2.00 bits per heavy atom. The first kappa shape index (κ1) is 16.3. The standard InChI is InChI=1S/C13H19NO5S2/c1-19-11-3-5-13(6-4-11)21(17,18)14-9-7-12(8-10-14)20(2,15)16/h3-6,12H,7-10H2,1-2H3. The van der Waals surface area contributed by atoms with Gasteiger partial charge < -0.3 is 4.74 Å². The van der Waals surface area contributed by atoms with Crippen LogP contribution in [0.4, 0.5) is 0 Å². The lowest BCUT2D eigenvalue weighted by Gasteiger charge is -2.30. The van der Waals surface area contributed by atoms with E-state index in [2.05, 4.69) is 0 Å². The second-order valence-corrected chi connectivity index (χ2v) is 9.37. The molecule has 1 saturated heterocycles. The van der Waals surface area contributed by atoms with Gasteiger partial charge in [-0.25, -0.2) is 16.8 Å². The van der Waals surface area contributed by atoms with E-state index in [4.69, 9.17) is 4.74 Å². The lowest BCUT2D eigenvalue weighted by Crippen LogP contribution is -2.42. The number of hydrogen-bond donors (Lipinski definition) is 0. The third-order valence-electron chi connectivity index (χ3n) is 3.70. The van der Waals surface area contributed by atoms with E-state index in [0.717, 1.165) is 0 Å². The highest BCUT2D eigenvalue weighted by Gasteiger charge is 2.32. The van der Waals surface area contributed by atoms with Gasteiger partial charge in [-0.3, -0.25) is 0 Å². The maximum atomic E-state index is 12.5. The van der Waals surface area contributed by atoms with Crippen molar-refractivity contribution in [3.05, 3.63) is 24.3 Å². The monoisotopic (exact) mass is 333 g/mol. The molecule has 0 N–H and O–H groups in total. The van der Waals surface area contributed by atoms with Crippen LogP contribution in [0.2, 0.25) is 0 Å². The van der Waals surface area contributed by atoms with Crippen LogP contribution in [-0.4, -0.2) is 52.8 Å². The highest BCUT2D eigenvalue weighted by atomic mass is 32.2. The largest absolute Gasteiger partial charge is 0.497 e. The summed E-state index contributed by atoms with van der Waals surface area (Å²) < 4.78 is 54.3. The van der Waals surface area contributed by atoms with Crippen molar-refractivity contribution in [2.24, 2.45) is 0 Å². The predicted molar refractivity (Wildman–Crippen MR) is 79.6 cm³/mol. The predicted octanol–water partition coefficient (Wildman–Crippen LogP) is 0.893. The molecular formula is C13H19NO5S2. The summed E-state index contributed by atoms with van der Waals surface area (Å²) in [5.74, 6) is 0.588. The minimum Gasteiger partial charge on any atom is -0.497 e. The summed E-state index contributed by atoms with van der Waals surface area (Å²) in [6.07, 6.45) is 1.88. The number of sulfone groups is 1. The maximum absolute atomic E-state index is 12.5. The molecule has 2 rings (SSSR count). The Balaban J connectivity index is 2.14. The molecule has 1 aliphatic rings. The van der Waals surface area contributed by atoms with Crippen LogP contribution in [0, 0.1) is 0 Å². The zero-order valence-electron chi connectivity index (χ0n) is 12.0. The number of sulfonamides is 1. The smallest absolute Gasteiger partial charge is 0.243 e. The van der Waals surface area contributed by atoms with E-state index in [-0.39, 0.29) is 18.0 Å². The van der Waals surface area contributed by atoms with Crippen LogP contribution in [0.15, 0.2) is 29.2 Å². The van der Waals surface area contributed by atoms with E-state index in [1.807, 2.05) is 0 Å². The molecule has 0 amide bonds. The van der Waals surface area contributed by atoms with Crippen LogP contribution in [0.5, 0.6) is 5.75 Å². The average molecular weight is 333 g/mol. The minimum atomic E-state index is -3.57. The van der Waals surface area contributed by atoms with E-state index in [1.54, 1.807) is 12.1 Å². The summed E-state index contributed by atoms with van der Waals surface area (Å²) in [5, 5.41) is -0.445. The van der Waals surface area contributed by atoms with Crippen LogP contribution >= 0.6 is 0 Å². The van der Waals surface area contributed by atoms with Crippen molar-refractivity contribution in [1.29, 1.82) is 0 Å². The van der Waals surface area contributed by atoms with Gasteiger partial charge in [-0.15, -0.1) is 0 Å². The maximum Gasteiger partial charge on any atom is 0.243 e. The van der Waals surface area contributed by atoms with Crippen molar-refractivity contribution in [1.82, 2.24) is 4.31 Å². The van der Waals surface area contributed by atoms with Gasteiger partial charge in [-0.05, 0) is 37.1 Å². The van der Waals surface area contributed by atoms with Crippen molar-refractivity contribution in [3.8, 4) is 5.75 Å². The Morgan fingerprint density at radius 1 is 1.05 bits per heavy atom. The van der Waals surface area contributed by atoms with Crippen molar-refractivity contribution in [2.75, 3.05) is 26.5 Å². The first-order chi connectivity index (χ1) is 9.75. The second-order valence-electron chi connectivity index (χ2n) is 5.11. The van der Waals surface area contributed by atoms with Crippen LogP contribution in [0.3, 0.4) is 0 Å². The molecule has 118 valence electrons. The summed E-state index contributed by atoms with van der Waals surface area (Å²) in [4.78, 5) is 0.195. The van der Waals surface area contributed by atoms with Crippen LogP contribution in [-0.2, 0) is 19.9 Å². The molecule has 1 heterocycles. The van der Waals surface area contributed by atoms with Gasteiger partial charge in [-0.1, -0.05) is 0 Å². The van der Waals surface area contributed by atoms with Crippen molar-refractivity contribution >= 4 is 19.9 Å². The first-order valence-electron chi connectivity index (χ1n) is 6.58. The summed E-state index contributed by atoms with van der Waals surface area (Å²) in [6, 6.07) is 6.18. The van der Waals surface area contributed by atoms with E-state index < -0.39 is 25.1 Å². The van der Waals surface area contributed by atoms with Crippen molar-refractivity contribution in [2.45, 2.75) is 23.0 Å². The lowest BCUT2D eigenvalue weighted by molar-refractivity contribution is 0.346. The van der Waals surface area contributed by atoms with Crippen molar-refractivity contribution < 1.29 is 21.6 Å². The molecule has 0 saturated carbocycles. The van der Waals surface area contributed by atoms with Gasteiger partial charge in [0.25, 0.3) is 0 Å². The molecule has 1 aliphatic heterocycles. The number of ether oxygens (including phenoxy) is 1. The molecular weight excluding hydrogens is 314 g/mol. The number of hydrogen-bond acceptors (Lipinski definition) is 5. The normalized spacial score (nSPS) is 18.6. The molecule has 8 heteroatoms. The quantitative estimate of drug-likeness (QED) is 0.817. The molecule has 0 aromatic heterocycles. The molecule has 0 atom stereocenters. The fraction of sp³-hybridized carbons (Fsp3) is 0.538. The second kappa shape index (κ2) is 5.94. The van der Waals surface area contributed by atoms with Gasteiger partial charge in [0.15, 0.2) is 0 Å². The zero-order valence-corrected chi connectivity index (χ0v) is 13.7. The fourth-order valence-electron chi connectivity index (χ4n) is 2.40. The van der Waals surface area contributed by atoms with Gasteiger partial charge >= 0.3 is 0 Å². The van der Waals surface area contributed by atoms with Gasteiger partial charge in [0, 0.05) is 19.3 Å². The molecule has 1 aromatic rings. The molecule has 0 unspecified atom stereocenters. The molecule has 0 aliphatic carbocycles. The van der Waals surface area contributed by atoms with E-state index in [1.165, 1.54) is 29.8 Å². The fourth-order valence-corrected chi connectivity index (χ4v) is 4.93. The Labute approximate surface area is 125 Å². The van der Waals surface area contributed by atoms with Crippen LogP contribution in [0.1, 0.15) is 12.8 Å². The highest BCUT2D eigenvalue weighted by Crippen LogP contribution is 2.24. The van der Waals surface area contributed by atoms with Gasteiger partial charge in [0.05, 0.1) is 17.3 Å². The van der Waals surface area contributed by atoms with Crippen molar-refractivity contribution in [3.63, 3.8) is 0 Å². The molecule has 0 spiro atoms. The molecule has 0 bridgehead atoms. The lowest BCUT2D eigenvalue weighted by atomic mass is 10.2. The van der Waals surface area contributed by atoms with Gasteiger partial charge in [0.2, 0.25) is 10.0 Å². The number of benzene rings is 1. The van der Waals surface area contributed by atoms with E-state index >= 15 is 0 Å². The Kier molecular flexibility index (Phi) is 4.60. The Morgan fingerprint density at radius 2 is 1.57 bits per heavy atom. The number of rotatable bonds is 4. The number of nitrogens with zero attached hydrogens (tertiary/aromatic N) is 1. The van der Waals surface area contributed by atoms with Crippen LogP contribution < -0.4 is 4.74 Å². The minimum absolute atomic E-state index is 0.195. The topological polar surface area (TPSA) is 80.8 Å². The summed E-state index contributed by atoms with van der Waals surface area (Å²) >= 11 is 0. The number of piperidine rings is 1. The molecule has 1 fully saturated rings. The summed E-state index contributed by atoms with van der Waals surface area (Å²) in [5.41, 5.74) is 0. The Hall–Kier alpha value is -1.12. The first-order valence-corrected chi connectivity index (χ1v) is 9.97. The van der Waals surface area contributed by atoms with Gasteiger partial charge in [0.1, 0.15) is 15.6 Å². The number of methoxy groups -OCH3 is 1. The average Bonchev–Trinajstić information content (AvgIpc) is 2.46. The summed E-state index contributed by atoms with van der Waals surface area (Å²) in [7, 11) is -5.17. The van der Waals surface area contributed by atoms with Gasteiger partial charge in [-0.2, -0.15) is 4.31 Å².